The second kappa shape index (κ2) is 10.6. The molecule has 0 spiro atoms. The van der Waals surface area contributed by atoms with Crippen molar-refractivity contribution in [3.8, 4) is 6.07 Å². The zero-order valence-electron chi connectivity index (χ0n) is 18.2. The van der Waals surface area contributed by atoms with Gasteiger partial charge >= 0.3 is 5.97 Å². The molecule has 1 aromatic carbocycles. The first kappa shape index (κ1) is 23.0. The molecule has 0 radical (unpaired) electrons. The summed E-state index contributed by atoms with van der Waals surface area (Å²) in [5.41, 5.74) is 1.59. The Morgan fingerprint density at radius 3 is 3.00 bits per heavy atom. The van der Waals surface area contributed by atoms with E-state index in [0.717, 1.165) is 28.6 Å². The van der Waals surface area contributed by atoms with Crippen LogP contribution in [0.15, 0.2) is 53.7 Å². The highest BCUT2D eigenvalue weighted by atomic mass is 32.2. The molecule has 0 saturated carbocycles. The van der Waals surface area contributed by atoms with E-state index >= 15 is 0 Å². The number of fused-ring (bicyclic) bond motifs is 1. The van der Waals surface area contributed by atoms with Crippen LogP contribution in [0.3, 0.4) is 0 Å². The van der Waals surface area contributed by atoms with Crippen LogP contribution in [-0.4, -0.2) is 50.6 Å². The van der Waals surface area contributed by atoms with E-state index in [4.69, 9.17) is 5.11 Å². The molecule has 172 valence electrons. The molecule has 8 nitrogen and oxygen atoms in total. The fourth-order valence-corrected chi connectivity index (χ4v) is 5.31. The lowest BCUT2D eigenvalue weighted by Crippen LogP contribution is -2.49. The molecule has 4 rings (SSSR count). The minimum Gasteiger partial charge on any atom is -0.481 e. The summed E-state index contributed by atoms with van der Waals surface area (Å²) in [6, 6.07) is 13.3. The first-order chi connectivity index (χ1) is 16.0. The molecule has 1 amide bonds. The molecular weight excluding hydrogens is 438 g/mol. The first-order valence-electron chi connectivity index (χ1n) is 11.1. The topological polar surface area (TPSA) is 114 Å². The molecule has 1 aliphatic heterocycles. The second-order valence-electron chi connectivity index (χ2n) is 8.35. The van der Waals surface area contributed by atoms with E-state index in [2.05, 4.69) is 15.8 Å². The lowest BCUT2D eigenvalue weighted by atomic mass is 9.94. The van der Waals surface area contributed by atoms with Gasteiger partial charge in [-0.15, -0.1) is 0 Å². The van der Waals surface area contributed by atoms with E-state index in [0.29, 0.717) is 31.7 Å². The SMILES string of the molecule is N#Cc1cccn1CCC(NSc1cccc2[nH]ccc12)C(=O)N1CCCC(CC(=O)O)C1. The third-order valence-corrected chi connectivity index (χ3v) is 7.04. The lowest BCUT2D eigenvalue weighted by Gasteiger charge is -2.34. The van der Waals surface area contributed by atoms with Gasteiger partial charge in [-0.3, -0.25) is 9.59 Å². The maximum atomic E-state index is 13.5. The summed E-state index contributed by atoms with van der Waals surface area (Å²) in [6.07, 6.45) is 5.97. The van der Waals surface area contributed by atoms with Crippen LogP contribution in [0.25, 0.3) is 10.9 Å². The van der Waals surface area contributed by atoms with Gasteiger partial charge in [0, 0.05) is 54.2 Å². The van der Waals surface area contributed by atoms with Crippen LogP contribution in [0, 0.1) is 17.2 Å². The largest absolute Gasteiger partial charge is 0.481 e. The number of carbonyl (C=O) groups excluding carboxylic acids is 1. The molecule has 1 fully saturated rings. The maximum Gasteiger partial charge on any atom is 0.303 e. The summed E-state index contributed by atoms with van der Waals surface area (Å²) in [5.74, 6) is -0.864. The number of H-pyrrole nitrogens is 1. The predicted octanol–water partition coefficient (Wildman–Crippen LogP) is 3.61. The summed E-state index contributed by atoms with van der Waals surface area (Å²) < 4.78 is 5.22. The number of carboxylic acids is 1. The van der Waals surface area contributed by atoms with Crippen molar-refractivity contribution in [2.45, 2.75) is 43.2 Å². The number of nitriles is 1. The number of aliphatic carboxylic acids is 1. The fourth-order valence-electron chi connectivity index (χ4n) is 4.39. The number of rotatable bonds is 9. The van der Waals surface area contributed by atoms with E-state index in [9.17, 15) is 14.9 Å². The molecule has 33 heavy (non-hydrogen) atoms. The molecule has 3 aromatic rings. The maximum absolute atomic E-state index is 13.5. The number of hydrogen-bond donors (Lipinski definition) is 3. The number of aryl methyl sites for hydroxylation is 1. The number of aromatic nitrogens is 2. The number of piperidine rings is 1. The van der Waals surface area contributed by atoms with Crippen LogP contribution < -0.4 is 4.72 Å². The van der Waals surface area contributed by atoms with Gasteiger partial charge in [-0.25, -0.2) is 4.72 Å². The van der Waals surface area contributed by atoms with E-state index in [1.54, 1.807) is 11.0 Å². The molecule has 1 aliphatic rings. The van der Waals surface area contributed by atoms with Crippen LogP contribution in [-0.2, 0) is 16.1 Å². The monoisotopic (exact) mass is 465 g/mol. The van der Waals surface area contributed by atoms with Crippen LogP contribution >= 0.6 is 11.9 Å². The van der Waals surface area contributed by atoms with Crippen molar-refractivity contribution in [1.29, 1.82) is 5.26 Å². The van der Waals surface area contributed by atoms with Gasteiger partial charge in [0.05, 0.1) is 6.04 Å². The van der Waals surface area contributed by atoms with Crippen LogP contribution in [0.1, 0.15) is 31.4 Å². The predicted molar refractivity (Wildman–Crippen MR) is 126 cm³/mol. The third-order valence-electron chi connectivity index (χ3n) is 6.06. The third kappa shape index (κ3) is 5.59. The molecule has 2 unspecified atom stereocenters. The normalized spacial score (nSPS) is 17.1. The van der Waals surface area contributed by atoms with Crippen molar-refractivity contribution in [3.63, 3.8) is 0 Å². The van der Waals surface area contributed by atoms with Crippen molar-refractivity contribution in [3.05, 3.63) is 54.5 Å². The van der Waals surface area contributed by atoms with Gasteiger partial charge in [0.1, 0.15) is 11.8 Å². The van der Waals surface area contributed by atoms with Crippen molar-refractivity contribution < 1.29 is 14.7 Å². The number of amides is 1. The molecule has 3 N–H and O–H groups in total. The van der Waals surface area contributed by atoms with Crippen molar-refractivity contribution >= 4 is 34.7 Å². The molecule has 9 heteroatoms. The van der Waals surface area contributed by atoms with E-state index < -0.39 is 12.0 Å². The Morgan fingerprint density at radius 1 is 1.30 bits per heavy atom. The summed E-state index contributed by atoms with van der Waals surface area (Å²) in [4.78, 5) is 30.7. The van der Waals surface area contributed by atoms with Gasteiger partial charge in [-0.2, -0.15) is 5.26 Å². The zero-order valence-corrected chi connectivity index (χ0v) is 19.1. The molecule has 3 heterocycles. The summed E-state index contributed by atoms with van der Waals surface area (Å²) in [7, 11) is 0. The molecule has 2 aromatic heterocycles. The van der Waals surface area contributed by atoms with Crippen molar-refractivity contribution in [1.82, 2.24) is 19.2 Å². The highest BCUT2D eigenvalue weighted by Gasteiger charge is 2.30. The van der Waals surface area contributed by atoms with Crippen LogP contribution in [0.2, 0.25) is 0 Å². The first-order valence-corrected chi connectivity index (χ1v) is 11.9. The number of nitrogens with zero attached hydrogens (tertiary/aromatic N) is 3. The van der Waals surface area contributed by atoms with Crippen molar-refractivity contribution in [2.75, 3.05) is 13.1 Å². The van der Waals surface area contributed by atoms with Gasteiger partial charge < -0.3 is 19.6 Å². The number of likely N-dealkylation sites (tertiary alicyclic amines) is 1. The highest BCUT2D eigenvalue weighted by molar-refractivity contribution is 7.97. The van der Waals surface area contributed by atoms with Crippen LogP contribution in [0.5, 0.6) is 0 Å². The average molecular weight is 466 g/mol. The summed E-state index contributed by atoms with van der Waals surface area (Å²) in [6.45, 7) is 1.63. The van der Waals surface area contributed by atoms with E-state index in [-0.39, 0.29) is 18.2 Å². The van der Waals surface area contributed by atoms with Gasteiger partial charge in [0.15, 0.2) is 0 Å². The molecular formula is C24H27N5O3S. The Morgan fingerprint density at radius 2 is 2.18 bits per heavy atom. The average Bonchev–Trinajstić information content (AvgIpc) is 3.48. The Kier molecular flexibility index (Phi) is 7.37. The lowest BCUT2D eigenvalue weighted by molar-refractivity contribution is -0.141. The number of carbonyl (C=O) groups is 2. The smallest absolute Gasteiger partial charge is 0.303 e. The number of carboxylic acid groups (broad SMARTS) is 1. The fraction of sp³-hybridized carbons (Fsp3) is 0.375. The number of nitrogens with one attached hydrogen (secondary N) is 2. The molecule has 2 atom stereocenters. The number of aromatic amines is 1. The molecule has 1 saturated heterocycles. The Bertz CT molecular complexity index is 1160. The standard InChI is InChI=1S/C24H27N5O3S/c25-15-18-5-3-11-28(18)13-9-21(24(32)29-12-2-4-17(16-29)14-23(30)31)27-33-22-7-1-6-20-19(22)8-10-26-20/h1,3,5-8,10-11,17,21,26-27H,2,4,9,12-14,16H2,(H,30,31). The van der Waals surface area contributed by atoms with E-state index in [1.807, 2.05) is 47.3 Å². The van der Waals surface area contributed by atoms with Gasteiger partial charge in [0.2, 0.25) is 5.91 Å². The Hall–Kier alpha value is -3.22. The molecule has 0 bridgehead atoms. The molecule has 0 aliphatic carbocycles. The Balaban J connectivity index is 1.48. The quantitative estimate of drug-likeness (QED) is 0.416. The minimum absolute atomic E-state index is 0.0169. The second-order valence-corrected chi connectivity index (χ2v) is 9.22. The Labute approximate surface area is 196 Å². The van der Waals surface area contributed by atoms with Crippen LogP contribution in [0.4, 0.5) is 0 Å². The van der Waals surface area contributed by atoms with Gasteiger partial charge in [0.25, 0.3) is 0 Å². The summed E-state index contributed by atoms with van der Waals surface area (Å²) >= 11 is 1.43. The number of benzene rings is 1. The minimum atomic E-state index is -0.823. The van der Waals surface area contributed by atoms with E-state index in [1.165, 1.54) is 11.9 Å². The number of hydrogen-bond acceptors (Lipinski definition) is 5. The zero-order chi connectivity index (χ0) is 23.2. The van der Waals surface area contributed by atoms with Crippen molar-refractivity contribution in [2.24, 2.45) is 5.92 Å². The van der Waals surface area contributed by atoms with Gasteiger partial charge in [-0.05, 0) is 67.5 Å². The summed E-state index contributed by atoms with van der Waals surface area (Å²) in [5, 5.41) is 19.6. The highest BCUT2D eigenvalue weighted by Crippen LogP contribution is 2.27. The van der Waals surface area contributed by atoms with Gasteiger partial charge in [-0.1, -0.05) is 6.07 Å².